The first-order chi connectivity index (χ1) is 9.34. The third kappa shape index (κ3) is 2.87. The highest BCUT2D eigenvalue weighted by Gasteiger charge is 2.22. The average Bonchev–Trinajstić information content (AvgIpc) is 2.43. The van der Waals surface area contributed by atoms with Gasteiger partial charge in [-0.2, -0.15) is 0 Å². The first-order valence-corrected chi connectivity index (χ1v) is 7.28. The maximum atomic E-state index is 9.94. The van der Waals surface area contributed by atoms with Gasteiger partial charge in [0.05, 0.1) is 15.1 Å². The number of benzene rings is 2. The molecule has 0 aliphatic heterocycles. The van der Waals surface area contributed by atoms with E-state index in [9.17, 15) is 5.11 Å². The van der Waals surface area contributed by atoms with Crippen molar-refractivity contribution in [2.75, 3.05) is 0 Å². The Morgan fingerprint density at radius 2 is 1.35 bits per heavy atom. The van der Waals surface area contributed by atoms with Gasteiger partial charge in [-0.3, -0.25) is 0 Å². The Balaban J connectivity index is 2.57. The number of phenolic OH excluding ortho intramolecular Hbond substituents is 1. The number of phenols is 1. The maximum absolute atomic E-state index is 9.94. The lowest BCUT2D eigenvalue weighted by Crippen LogP contribution is -1.90. The number of aromatic hydroxyl groups is 1. The second-order valence-corrected chi connectivity index (χ2v) is 5.88. The van der Waals surface area contributed by atoms with E-state index < -0.39 is 5.75 Å². The van der Waals surface area contributed by atoms with Crippen molar-refractivity contribution in [1.29, 1.82) is 0 Å². The van der Waals surface area contributed by atoms with Gasteiger partial charge in [0, 0.05) is 0 Å². The normalized spacial score (nSPS) is 10.7. The zero-order chi connectivity index (χ0) is 15.0. The quantitative estimate of drug-likeness (QED) is 0.436. The summed E-state index contributed by atoms with van der Waals surface area (Å²) in [4.78, 5) is 0. The van der Waals surface area contributed by atoms with Crippen LogP contribution in [0, 0.1) is 0 Å². The molecule has 0 unspecified atom stereocenters. The van der Waals surface area contributed by atoms with E-state index in [0.717, 1.165) is 0 Å². The van der Waals surface area contributed by atoms with Crippen LogP contribution in [0.3, 0.4) is 0 Å². The fourth-order valence-corrected chi connectivity index (χ4v) is 2.56. The molecule has 0 spiro atoms. The summed E-state index contributed by atoms with van der Waals surface area (Å²) in [5.41, 5.74) is 0. The van der Waals surface area contributed by atoms with Gasteiger partial charge in [-0.1, -0.05) is 75.7 Å². The molecular weight excluding hydrogens is 389 g/mol. The summed E-state index contributed by atoms with van der Waals surface area (Å²) < 4.78 is 5.44. The van der Waals surface area contributed by atoms with Gasteiger partial charge in [0.1, 0.15) is 20.8 Å². The smallest absolute Gasteiger partial charge is 0.190 e. The van der Waals surface area contributed by atoms with Crippen molar-refractivity contribution in [1.82, 2.24) is 0 Å². The lowest BCUT2D eigenvalue weighted by atomic mass is 10.3. The van der Waals surface area contributed by atoms with Gasteiger partial charge < -0.3 is 9.84 Å². The van der Waals surface area contributed by atoms with Gasteiger partial charge >= 0.3 is 0 Å². The van der Waals surface area contributed by atoms with Gasteiger partial charge in [-0.15, -0.1) is 0 Å². The van der Waals surface area contributed by atoms with Crippen LogP contribution in [0.4, 0.5) is 0 Å². The highest BCUT2D eigenvalue weighted by molar-refractivity contribution is 6.53. The van der Waals surface area contributed by atoms with Crippen LogP contribution in [0.5, 0.6) is 17.2 Å². The highest BCUT2D eigenvalue weighted by atomic mass is 35.5. The van der Waals surface area contributed by atoms with Gasteiger partial charge in [0.25, 0.3) is 0 Å². The molecule has 2 rings (SSSR count). The molecule has 0 saturated carbocycles. The average molecular weight is 393 g/mol. The molecule has 0 atom stereocenters. The van der Waals surface area contributed by atoms with Gasteiger partial charge in [0.15, 0.2) is 11.5 Å². The molecule has 0 bridgehead atoms. The van der Waals surface area contributed by atoms with Crippen molar-refractivity contribution in [3.05, 3.63) is 48.3 Å². The van der Waals surface area contributed by atoms with Crippen LogP contribution in [0.1, 0.15) is 0 Å². The Hall–Kier alpha value is -0.220. The SMILES string of the molecule is Oc1c(Cl)c(Cl)c(Cl)c(Cl)c1Oc1cccc(Cl)c1Cl. The van der Waals surface area contributed by atoms with Crippen LogP contribution in [0.15, 0.2) is 18.2 Å². The molecule has 1 N–H and O–H groups in total. The minimum atomic E-state index is -0.442. The standard InChI is InChI=1S/C12H4Cl6O2/c13-4-2-1-3-5(6(4)14)20-12-10(18)8(16)7(15)9(17)11(12)19/h1-3,19H. The van der Waals surface area contributed by atoms with Crippen molar-refractivity contribution >= 4 is 69.6 Å². The van der Waals surface area contributed by atoms with E-state index in [-0.39, 0.29) is 41.6 Å². The third-order valence-corrected chi connectivity index (χ3v) is 4.90. The maximum Gasteiger partial charge on any atom is 0.190 e. The Labute approximate surface area is 144 Å². The molecular formula is C12H4Cl6O2. The minimum Gasteiger partial charge on any atom is -0.503 e. The lowest BCUT2D eigenvalue weighted by Gasteiger charge is -2.14. The van der Waals surface area contributed by atoms with Crippen molar-refractivity contribution < 1.29 is 9.84 Å². The lowest BCUT2D eigenvalue weighted by molar-refractivity contribution is 0.412. The summed E-state index contributed by atoms with van der Waals surface area (Å²) in [5.74, 6) is -0.414. The van der Waals surface area contributed by atoms with Crippen LogP contribution >= 0.6 is 69.6 Å². The highest BCUT2D eigenvalue weighted by Crippen LogP contribution is 2.51. The molecule has 0 amide bonds. The van der Waals surface area contributed by atoms with Crippen molar-refractivity contribution in [3.8, 4) is 17.2 Å². The van der Waals surface area contributed by atoms with Crippen LogP contribution < -0.4 is 4.74 Å². The van der Waals surface area contributed by atoms with Crippen LogP contribution in [0.25, 0.3) is 0 Å². The predicted octanol–water partition coefficient (Wildman–Crippen LogP) is 7.10. The summed E-state index contributed by atoms with van der Waals surface area (Å²) >= 11 is 35.4. The minimum absolute atomic E-state index is 0.0377. The molecule has 0 saturated heterocycles. The van der Waals surface area contributed by atoms with Gasteiger partial charge in [0.2, 0.25) is 0 Å². The van der Waals surface area contributed by atoms with Crippen LogP contribution in [-0.2, 0) is 0 Å². The third-order valence-electron chi connectivity index (χ3n) is 2.33. The molecule has 2 aromatic rings. The molecule has 106 valence electrons. The first-order valence-electron chi connectivity index (χ1n) is 5.01. The van der Waals surface area contributed by atoms with E-state index in [1.54, 1.807) is 18.2 Å². The van der Waals surface area contributed by atoms with Crippen LogP contribution in [-0.4, -0.2) is 5.11 Å². The Morgan fingerprint density at radius 3 is 2.00 bits per heavy atom. The zero-order valence-corrected chi connectivity index (χ0v) is 13.9. The van der Waals surface area contributed by atoms with Crippen molar-refractivity contribution in [2.45, 2.75) is 0 Å². The molecule has 20 heavy (non-hydrogen) atoms. The molecule has 0 aliphatic carbocycles. The Kier molecular flexibility index (Phi) is 5.06. The first kappa shape index (κ1) is 16.2. The number of hydrogen-bond acceptors (Lipinski definition) is 2. The van der Waals surface area contributed by atoms with Crippen LogP contribution in [0.2, 0.25) is 30.1 Å². The summed E-state index contributed by atoms with van der Waals surface area (Å²) in [7, 11) is 0. The largest absolute Gasteiger partial charge is 0.503 e. The zero-order valence-electron chi connectivity index (χ0n) is 9.36. The molecule has 0 aliphatic rings. The summed E-state index contributed by atoms with van der Waals surface area (Å²) in [6.07, 6.45) is 0. The van der Waals surface area contributed by atoms with Gasteiger partial charge in [-0.05, 0) is 12.1 Å². The number of halogens is 6. The molecule has 2 aromatic carbocycles. The van der Waals surface area contributed by atoms with E-state index >= 15 is 0 Å². The molecule has 8 heteroatoms. The van der Waals surface area contributed by atoms with Crippen molar-refractivity contribution in [2.24, 2.45) is 0 Å². The molecule has 2 nitrogen and oxygen atoms in total. The number of rotatable bonds is 2. The molecule has 0 aromatic heterocycles. The fourth-order valence-electron chi connectivity index (χ4n) is 1.37. The molecule has 0 heterocycles. The van der Waals surface area contributed by atoms with Gasteiger partial charge in [-0.25, -0.2) is 0 Å². The summed E-state index contributed by atoms with van der Waals surface area (Å²) in [6, 6.07) is 4.74. The number of hydrogen-bond donors (Lipinski definition) is 1. The second-order valence-electron chi connectivity index (χ2n) is 3.59. The summed E-state index contributed by atoms with van der Waals surface area (Å²) in [6.45, 7) is 0. The number of ether oxygens (including phenoxy) is 1. The van der Waals surface area contributed by atoms with E-state index in [0.29, 0.717) is 0 Å². The molecule has 0 radical (unpaired) electrons. The second kappa shape index (κ2) is 6.27. The fraction of sp³-hybridized carbons (Fsp3) is 0. The van der Waals surface area contributed by atoms with E-state index in [2.05, 4.69) is 0 Å². The predicted molar refractivity (Wildman–Crippen MR) is 84.7 cm³/mol. The van der Waals surface area contributed by atoms with E-state index in [1.165, 1.54) is 0 Å². The van der Waals surface area contributed by atoms with Crippen molar-refractivity contribution in [3.63, 3.8) is 0 Å². The Bertz CT molecular complexity index is 657. The van der Waals surface area contributed by atoms with E-state index in [1.807, 2.05) is 0 Å². The monoisotopic (exact) mass is 390 g/mol. The molecule has 0 fully saturated rings. The Morgan fingerprint density at radius 1 is 0.750 bits per heavy atom. The topological polar surface area (TPSA) is 29.5 Å². The summed E-state index contributed by atoms with van der Waals surface area (Å²) in [5, 5.41) is 10.0. The van der Waals surface area contributed by atoms with E-state index in [4.69, 9.17) is 74.3 Å².